The van der Waals surface area contributed by atoms with Gasteiger partial charge in [0.05, 0.1) is 37.3 Å². The van der Waals surface area contributed by atoms with E-state index in [-0.39, 0.29) is 18.1 Å². The summed E-state index contributed by atoms with van der Waals surface area (Å²) in [5, 5.41) is 8.35. The van der Waals surface area contributed by atoms with Gasteiger partial charge in [0.15, 0.2) is 0 Å². The number of carbonyl (C=O) groups excluding carboxylic acids is 1. The van der Waals surface area contributed by atoms with Crippen molar-refractivity contribution in [1.29, 1.82) is 0 Å². The summed E-state index contributed by atoms with van der Waals surface area (Å²) < 4.78 is 12.1. The number of hydrogen-bond acceptors (Lipinski definition) is 6. The second kappa shape index (κ2) is 8.83. The first-order chi connectivity index (χ1) is 14.6. The predicted molar refractivity (Wildman–Crippen MR) is 114 cm³/mol. The molecular formula is C21H22BrN5O3. The lowest BCUT2D eigenvalue weighted by atomic mass is 9.99. The lowest BCUT2D eigenvalue weighted by Crippen LogP contribution is -2.49. The van der Waals surface area contributed by atoms with Gasteiger partial charge in [-0.05, 0) is 53.9 Å². The molecule has 2 aromatic heterocycles. The van der Waals surface area contributed by atoms with E-state index in [2.05, 4.69) is 38.0 Å². The Balaban J connectivity index is 1.56. The van der Waals surface area contributed by atoms with Crippen molar-refractivity contribution in [3.63, 3.8) is 0 Å². The van der Waals surface area contributed by atoms with E-state index in [1.807, 2.05) is 23.1 Å². The molecule has 1 aliphatic heterocycles. The van der Waals surface area contributed by atoms with Crippen molar-refractivity contribution >= 4 is 21.8 Å². The third-order valence-corrected chi connectivity index (χ3v) is 5.92. The Kier molecular flexibility index (Phi) is 5.98. The Labute approximate surface area is 182 Å². The average Bonchev–Trinajstić information content (AvgIpc) is 3.31. The Morgan fingerprint density at radius 3 is 2.67 bits per heavy atom. The maximum absolute atomic E-state index is 13.4. The van der Waals surface area contributed by atoms with E-state index in [4.69, 9.17) is 9.47 Å². The van der Waals surface area contributed by atoms with Crippen LogP contribution in [0.5, 0.6) is 11.6 Å². The molecule has 3 heterocycles. The fourth-order valence-electron chi connectivity index (χ4n) is 3.58. The van der Waals surface area contributed by atoms with Crippen LogP contribution >= 0.6 is 15.9 Å². The van der Waals surface area contributed by atoms with Gasteiger partial charge in [-0.25, -0.2) is 4.98 Å². The number of methoxy groups -OCH3 is 1. The number of para-hydroxylation sites is 1. The summed E-state index contributed by atoms with van der Waals surface area (Å²) in [6, 6.07) is 9.21. The summed E-state index contributed by atoms with van der Waals surface area (Å²) in [7, 11) is 1.60. The van der Waals surface area contributed by atoms with Crippen LogP contribution in [-0.4, -0.2) is 56.6 Å². The summed E-state index contributed by atoms with van der Waals surface area (Å²) in [6.07, 6.45) is 6.32. The zero-order chi connectivity index (χ0) is 21.1. The van der Waals surface area contributed by atoms with Gasteiger partial charge in [0, 0.05) is 12.2 Å². The minimum absolute atomic E-state index is 0.0682. The molecule has 0 spiro atoms. The quantitative estimate of drug-likeness (QED) is 0.566. The SMILES string of the molecule is COc1ccnc(OC2CCC(C)N(C(=O)c3ccccc3-n3nccn3)C2)c1Br. The Bertz CT molecular complexity index is 1030. The number of nitrogens with zero attached hydrogens (tertiary/aromatic N) is 5. The standard InChI is InChI=1S/C21H22BrN5O3/c1-14-7-8-15(30-20-19(22)18(29-2)9-10-23-20)13-26(14)21(28)16-5-3-4-6-17(16)27-24-11-12-25-27/h3-6,9-12,14-15H,7-8,13H2,1-2H3. The monoisotopic (exact) mass is 471 g/mol. The van der Waals surface area contributed by atoms with Crippen LogP contribution in [0.1, 0.15) is 30.1 Å². The summed E-state index contributed by atoms with van der Waals surface area (Å²) in [5.74, 6) is 1.04. The molecule has 0 N–H and O–H groups in total. The van der Waals surface area contributed by atoms with Crippen molar-refractivity contribution in [3.8, 4) is 17.3 Å². The summed E-state index contributed by atoms with van der Waals surface area (Å²) in [6.45, 7) is 2.52. The van der Waals surface area contributed by atoms with Crippen molar-refractivity contribution < 1.29 is 14.3 Å². The fraction of sp³-hybridized carbons (Fsp3) is 0.333. The second-order valence-electron chi connectivity index (χ2n) is 7.09. The maximum Gasteiger partial charge on any atom is 0.256 e. The minimum Gasteiger partial charge on any atom is -0.495 e. The molecule has 1 amide bonds. The zero-order valence-electron chi connectivity index (χ0n) is 16.7. The highest BCUT2D eigenvalue weighted by atomic mass is 79.9. The van der Waals surface area contributed by atoms with Crippen LogP contribution in [0.3, 0.4) is 0 Å². The molecule has 30 heavy (non-hydrogen) atoms. The van der Waals surface area contributed by atoms with Gasteiger partial charge in [0.25, 0.3) is 5.91 Å². The van der Waals surface area contributed by atoms with Crippen molar-refractivity contribution in [2.75, 3.05) is 13.7 Å². The number of benzene rings is 1. The molecule has 0 saturated carbocycles. The second-order valence-corrected chi connectivity index (χ2v) is 7.88. The van der Waals surface area contributed by atoms with Crippen LogP contribution < -0.4 is 9.47 Å². The first-order valence-electron chi connectivity index (χ1n) is 9.70. The molecule has 0 bridgehead atoms. The first kappa shape index (κ1) is 20.3. The molecule has 1 fully saturated rings. The molecule has 1 aromatic carbocycles. The van der Waals surface area contributed by atoms with E-state index in [1.165, 1.54) is 4.80 Å². The van der Waals surface area contributed by atoms with E-state index >= 15 is 0 Å². The number of piperidine rings is 1. The number of amides is 1. The third-order valence-electron chi connectivity index (χ3n) is 5.19. The van der Waals surface area contributed by atoms with E-state index in [1.54, 1.807) is 37.8 Å². The van der Waals surface area contributed by atoms with Crippen LogP contribution in [0.25, 0.3) is 5.69 Å². The fourth-order valence-corrected chi connectivity index (χ4v) is 4.07. The van der Waals surface area contributed by atoms with Crippen molar-refractivity contribution in [2.45, 2.75) is 31.9 Å². The highest BCUT2D eigenvalue weighted by Gasteiger charge is 2.32. The van der Waals surface area contributed by atoms with Gasteiger partial charge in [-0.2, -0.15) is 15.0 Å². The van der Waals surface area contributed by atoms with Crippen molar-refractivity contribution in [1.82, 2.24) is 24.9 Å². The van der Waals surface area contributed by atoms with Gasteiger partial charge >= 0.3 is 0 Å². The van der Waals surface area contributed by atoms with Crippen LogP contribution in [-0.2, 0) is 0 Å². The average molecular weight is 472 g/mol. The van der Waals surface area contributed by atoms with Gasteiger partial charge in [0.1, 0.15) is 16.3 Å². The van der Waals surface area contributed by atoms with Crippen LogP contribution in [0.2, 0.25) is 0 Å². The zero-order valence-corrected chi connectivity index (χ0v) is 18.3. The first-order valence-corrected chi connectivity index (χ1v) is 10.5. The molecule has 2 unspecified atom stereocenters. The molecule has 3 aromatic rings. The highest BCUT2D eigenvalue weighted by Crippen LogP contribution is 2.34. The molecular weight excluding hydrogens is 450 g/mol. The summed E-state index contributed by atoms with van der Waals surface area (Å²) in [4.78, 5) is 21.1. The number of aromatic nitrogens is 4. The van der Waals surface area contributed by atoms with Crippen LogP contribution in [0.15, 0.2) is 53.4 Å². The minimum atomic E-state index is -0.170. The summed E-state index contributed by atoms with van der Waals surface area (Å²) >= 11 is 3.48. The van der Waals surface area contributed by atoms with Crippen LogP contribution in [0, 0.1) is 0 Å². The maximum atomic E-state index is 13.4. The lowest BCUT2D eigenvalue weighted by molar-refractivity contribution is 0.0369. The van der Waals surface area contributed by atoms with Gasteiger partial charge in [-0.3, -0.25) is 4.79 Å². The Morgan fingerprint density at radius 2 is 1.90 bits per heavy atom. The van der Waals surface area contributed by atoms with E-state index < -0.39 is 0 Å². The van der Waals surface area contributed by atoms with Crippen molar-refractivity contribution in [2.24, 2.45) is 0 Å². The van der Waals surface area contributed by atoms with E-state index in [0.29, 0.717) is 33.9 Å². The van der Waals surface area contributed by atoms with Gasteiger partial charge in [-0.1, -0.05) is 12.1 Å². The topological polar surface area (TPSA) is 82.4 Å². The number of ether oxygens (including phenoxy) is 2. The number of carbonyl (C=O) groups is 1. The molecule has 0 radical (unpaired) electrons. The molecule has 4 rings (SSSR count). The number of pyridine rings is 1. The number of halogens is 1. The third kappa shape index (κ3) is 4.02. The molecule has 2 atom stereocenters. The molecule has 1 aliphatic rings. The smallest absolute Gasteiger partial charge is 0.256 e. The largest absolute Gasteiger partial charge is 0.495 e. The van der Waals surface area contributed by atoms with E-state index in [9.17, 15) is 4.79 Å². The molecule has 9 heteroatoms. The Morgan fingerprint density at radius 1 is 1.13 bits per heavy atom. The number of likely N-dealkylation sites (tertiary alicyclic amines) is 1. The molecule has 0 aliphatic carbocycles. The van der Waals surface area contributed by atoms with Crippen molar-refractivity contribution in [3.05, 3.63) is 59.0 Å². The number of rotatable bonds is 5. The number of hydrogen-bond donors (Lipinski definition) is 0. The normalized spacial score (nSPS) is 18.8. The Hall–Kier alpha value is -2.94. The van der Waals surface area contributed by atoms with Gasteiger partial charge in [0.2, 0.25) is 5.88 Å². The van der Waals surface area contributed by atoms with Crippen LogP contribution in [0.4, 0.5) is 0 Å². The predicted octanol–water partition coefficient (Wildman–Crippen LogP) is 3.51. The summed E-state index contributed by atoms with van der Waals surface area (Å²) in [5.41, 5.74) is 1.21. The lowest BCUT2D eigenvalue weighted by Gasteiger charge is -2.38. The van der Waals surface area contributed by atoms with E-state index in [0.717, 1.165) is 12.8 Å². The molecule has 1 saturated heterocycles. The molecule has 156 valence electrons. The van der Waals surface area contributed by atoms with Gasteiger partial charge in [-0.15, -0.1) is 0 Å². The highest BCUT2D eigenvalue weighted by molar-refractivity contribution is 9.10. The van der Waals surface area contributed by atoms with Gasteiger partial charge < -0.3 is 14.4 Å². The molecule has 8 nitrogen and oxygen atoms in total.